The normalized spacial score (nSPS) is 12.9. The Bertz CT molecular complexity index is 641. The maximum Gasteiger partial charge on any atom is 0.0738 e. The summed E-state index contributed by atoms with van der Waals surface area (Å²) in [6.45, 7) is 9.23. The van der Waals surface area contributed by atoms with E-state index in [0.29, 0.717) is 0 Å². The van der Waals surface area contributed by atoms with Crippen molar-refractivity contribution in [2.75, 3.05) is 7.05 Å². The summed E-state index contributed by atoms with van der Waals surface area (Å²) < 4.78 is 5.14. The zero-order valence-electron chi connectivity index (χ0n) is 13.7. The molecule has 0 amide bonds. The van der Waals surface area contributed by atoms with Gasteiger partial charge in [0.2, 0.25) is 0 Å². The molecular formula is C15H24BrN5. The molecule has 0 fully saturated rings. The fourth-order valence-electron chi connectivity index (χ4n) is 2.90. The lowest BCUT2D eigenvalue weighted by molar-refractivity contribution is 0.536. The SMILES string of the molecule is CCn1nc(C)c(Br)c1CC(NC)c1c(C)nn(C)c1C. The minimum Gasteiger partial charge on any atom is -0.313 e. The number of hydrogen-bond donors (Lipinski definition) is 1. The van der Waals surface area contributed by atoms with Crippen molar-refractivity contribution in [2.45, 2.75) is 46.7 Å². The summed E-state index contributed by atoms with van der Waals surface area (Å²) in [6, 6.07) is 0.233. The molecule has 0 saturated heterocycles. The zero-order valence-corrected chi connectivity index (χ0v) is 15.2. The average molecular weight is 354 g/mol. The van der Waals surface area contributed by atoms with Crippen molar-refractivity contribution in [3.63, 3.8) is 0 Å². The van der Waals surface area contributed by atoms with E-state index in [-0.39, 0.29) is 6.04 Å². The van der Waals surface area contributed by atoms with E-state index < -0.39 is 0 Å². The minimum absolute atomic E-state index is 0.233. The van der Waals surface area contributed by atoms with Crippen molar-refractivity contribution in [1.82, 2.24) is 24.9 Å². The zero-order chi connectivity index (χ0) is 15.7. The van der Waals surface area contributed by atoms with Crippen LogP contribution in [0.15, 0.2) is 4.47 Å². The van der Waals surface area contributed by atoms with Crippen molar-refractivity contribution in [1.29, 1.82) is 0 Å². The Morgan fingerprint density at radius 3 is 2.33 bits per heavy atom. The van der Waals surface area contributed by atoms with E-state index in [1.54, 1.807) is 0 Å². The summed E-state index contributed by atoms with van der Waals surface area (Å²) in [7, 11) is 4.00. The molecule has 2 aromatic heterocycles. The van der Waals surface area contributed by atoms with Crippen LogP contribution < -0.4 is 5.32 Å². The van der Waals surface area contributed by atoms with Crippen molar-refractivity contribution < 1.29 is 0 Å². The summed E-state index contributed by atoms with van der Waals surface area (Å²) in [5.74, 6) is 0. The standard InChI is InChI=1S/C15H24BrN5/c1-7-21-13(15(16)10(3)19-21)8-12(17-5)14-9(2)18-20(6)11(14)4/h12,17H,7-8H2,1-6H3. The highest BCUT2D eigenvalue weighted by Gasteiger charge is 2.22. The number of hydrogen-bond acceptors (Lipinski definition) is 3. The quantitative estimate of drug-likeness (QED) is 0.898. The summed E-state index contributed by atoms with van der Waals surface area (Å²) in [5, 5.41) is 12.5. The highest BCUT2D eigenvalue weighted by atomic mass is 79.9. The van der Waals surface area contributed by atoms with Crippen molar-refractivity contribution in [3.8, 4) is 0 Å². The molecule has 0 saturated carbocycles. The summed E-state index contributed by atoms with van der Waals surface area (Å²) in [6.07, 6.45) is 0.888. The fraction of sp³-hybridized carbons (Fsp3) is 0.600. The number of nitrogens with one attached hydrogen (secondary N) is 1. The monoisotopic (exact) mass is 353 g/mol. The van der Waals surface area contributed by atoms with Crippen molar-refractivity contribution >= 4 is 15.9 Å². The predicted molar refractivity (Wildman–Crippen MR) is 88.5 cm³/mol. The second kappa shape index (κ2) is 6.32. The lowest BCUT2D eigenvalue weighted by atomic mass is 10.00. The molecule has 2 rings (SSSR count). The van der Waals surface area contributed by atoms with Crippen LogP contribution >= 0.6 is 15.9 Å². The number of likely N-dealkylation sites (N-methyl/N-ethyl adjacent to an activating group) is 1. The maximum atomic E-state index is 4.58. The van der Waals surface area contributed by atoms with E-state index in [2.05, 4.69) is 56.9 Å². The van der Waals surface area contributed by atoms with Gasteiger partial charge in [-0.3, -0.25) is 9.36 Å². The van der Waals surface area contributed by atoms with Gasteiger partial charge in [-0.2, -0.15) is 10.2 Å². The predicted octanol–water partition coefficient (Wildman–Crippen LogP) is 2.83. The Morgan fingerprint density at radius 1 is 1.19 bits per heavy atom. The molecule has 1 N–H and O–H groups in total. The Morgan fingerprint density at radius 2 is 1.86 bits per heavy atom. The molecule has 0 bridgehead atoms. The van der Waals surface area contributed by atoms with Gasteiger partial charge in [0.15, 0.2) is 0 Å². The Labute approximate surface area is 134 Å². The molecule has 0 aliphatic rings. The van der Waals surface area contributed by atoms with E-state index in [9.17, 15) is 0 Å². The fourth-order valence-corrected chi connectivity index (χ4v) is 3.35. The molecule has 1 unspecified atom stereocenters. The number of rotatable bonds is 5. The van der Waals surface area contributed by atoms with E-state index >= 15 is 0 Å². The Kier molecular flexibility index (Phi) is 4.88. The molecule has 0 aliphatic carbocycles. The van der Waals surface area contributed by atoms with Gasteiger partial charge in [0.05, 0.1) is 21.6 Å². The van der Waals surface area contributed by atoms with Crippen LogP contribution in [0.5, 0.6) is 0 Å². The highest BCUT2D eigenvalue weighted by molar-refractivity contribution is 9.10. The van der Waals surface area contributed by atoms with Crippen LogP contribution in [0.25, 0.3) is 0 Å². The first kappa shape index (κ1) is 16.2. The smallest absolute Gasteiger partial charge is 0.0738 e. The molecule has 2 aromatic rings. The lowest BCUT2D eigenvalue weighted by Gasteiger charge is -2.18. The van der Waals surface area contributed by atoms with Crippen molar-refractivity contribution in [2.24, 2.45) is 7.05 Å². The first-order chi connectivity index (χ1) is 9.90. The molecule has 21 heavy (non-hydrogen) atoms. The van der Waals surface area contributed by atoms with Gasteiger partial charge in [0.1, 0.15) is 0 Å². The first-order valence-electron chi connectivity index (χ1n) is 7.29. The van der Waals surface area contributed by atoms with Gasteiger partial charge < -0.3 is 5.32 Å². The number of halogens is 1. The van der Waals surface area contributed by atoms with Gasteiger partial charge >= 0.3 is 0 Å². The maximum absolute atomic E-state index is 4.58. The van der Waals surface area contributed by atoms with Crippen LogP contribution in [0.1, 0.15) is 41.3 Å². The van der Waals surface area contributed by atoms with Gasteiger partial charge in [-0.15, -0.1) is 0 Å². The molecule has 0 radical (unpaired) electrons. The lowest BCUT2D eigenvalue weighted by Crippen LogP contribution is -2.22. The molecule has 0 spiro atoms. The van der Waals surface area contributed by atoms with E-state index in [1.165, 1.54) is 17.0 Å². The summed E-state index contributed by atoms with van der Waals surface area (Å²) in [5.41, 5.74) is 5.86. The minimum atomic E-state index is 0.233. The van der Waals surface area contributed by atoms with Gasteiger partial charge in [-0.05, 0) is 50.7 Å². The molecule has 6 heteroatoms. The summed E-state index contributed by atoms with van der Waals surface area (Å²) in [4.78, 5) is 0. The molecular weight excluding hydrogens is 330 g/mol. The van der Waals surface area contributed by atoms with Gasteiger partial charge in [-0.1, -0.05) is 0 Å². The molecule has 2 heterocycles. The number of aromatic nitrogens is 4. The van der Waals surface area contributed by atoms with Crippen molar-refractivity contribution in [3.05, 3.63) is 32.8 Å². The third-order valence-electron chi connectivity index (χ3n) is 4.11. The van der Waals surface area contributed by atoms with Crippen LogP contribution in [0, 0.1) is 20.8 Å². The topological polar surface area (TPSA) is 47.7 Å². The first-order valence-corrected chi connectivity index (χ1v) is 8.09. The molecule has 1 atom stereocenters. The molecule has 116 valence electrons. The Hall–Kier alpha value is -1.14. The van der Waals surface area contributed by atoms with Crippen LogP contribution in [0.3, 0.4) is 0 Å². The third kappa shape index (κ3) is 2.92. The van der Waals surface area contributed by atoms with Crippen LogP contribution in [0.4, 0.5) is 0 Å². The third-order valence-corrected chi connectivity index (χ3v) is 5.14. The highest BCUT2D eigenvalue weighted by Crippen LogP contribution is 2.29. The largest absolute Gasteiger partial charge is 0.313 e. The number of aryl methyl sites for hydroxylation is 4. The summed E-state index contributed by atoms with van der Waals surface area (Å²) >= 11 is 3.68. The second-order valence-corrected chi connectivity index (χ2v) is 6.21. The van der Waals surface area contributed by atoms with Gasteiger partial charge in [0.25, 0.3) is 0 Å². The van der Waals surface area contributed by atoms with Gasteiger partial charge in [0, 0.05) is 37.3 Å². The van der Waals surface area contributed by atoms with Crippen LogP contribution in [-0.2, 0) is 20.0 Å². The van der Waals surface area contributed by atoms with E-state index in [4.69, 9.17) is 0 Å². The molecule has 5 nitrogen and oxygen atoms in total. The Balaban J connectivity index is 2.40. The van der Waals surface area contributed by atoms with E-state index in [1.807, 2.05) is 25.7 Å². The van der Waals surface area contributed by atoms with Gasteiger partial charge in [-0.25, -0.2) is 0 Å². The van der Waals surface area contributed by atoms with Crippen LogP contribution in [0.2, 0.25) is 0 Å². The van der Waals surface area contributed by atoms with Crippen LogP contribution in [-0.4, -0.2) is 26.6 Å². The van der Waals surface area contributed by atoms with E-state index in [0.717, 1.165) is 28.8 Å². The molecule has 0 aromatic carbocycles. The average Bonchev–Trinajstić information content (AvgIpc) is 2.86. The molecule has 0 aliphatic heterocycles. The number of nitrogens with zero attached hydrogens (tertiary/aromatic N) is 4. The second-order valence-electron chi connectivity index (χ2n) is 5.42.